The minimum Gasteiger partial charge on any atom is -0.354 e. The summed E-state index contributed by atoms with van der Waals surface area (Å²) in [6.45, 7) is 0. The molecule has 98 valence electrons. The number of amides is 1. The number of hydrogen-bond acceptors (Lipinski definition) is 3. The van der Waals surface area contributed by atoms with Crippen LogP contribution in [0.2, 0.25) is 0 Å². The van der Waals surface area contributed by atoms with E-state index in [1.165, 1.54) is 6.20 Å². The minimum absolute atomic E-state index is 0.189. The van der Waals surface area contributed by atoms with E-state index in [0.717, 1.165) is 5.56 Å². The SMILES string of the molecule is O=C(Nc1cnoc1-c1ccccc1)c1ccccc1. The van der Waals surface area contributed by atoms with Gasteiger partial charge < -0.3 is 9.84 Å². The summed E-state index contributed by atoms with van der Waals surface area (Å²) in [7, 11) is 0. The predicted octanol–water partition coefficient (Wildman–Crippen LogP) is 3.59. The van der Waals surface area contributed by atoms with Crippen molar-refractivity contribution in [3.05, 3.63) is 72.4 Å². The Morgan fingerprint density at radius 2 is 1.60 bits per heavy atom. The lowest BCUT2D eigenvalue weighted by molar-refractivity contribution is 0.102. The van der Waals surface area contributed by atoms with E-state index >= 15 is 0 Å². The van der Waals surface area contributed by atoms with E-state index in [1.54, 1.807) is 12.1 Å². The van der Waals surface area contributed by atoms with Crippen LogP contribution in [0, 0.1) is 0 Å². The summed E-state index contributed by atoms with van der Waals surface area (Å²) in [6.07, 6.45) is 1.50. The third-order valence-electron chi connectivity index (χ3n) is 2.89. The predicted molar refractivity (Wildman–Crippen MR) is 76.3 cm³/mol. The Kier molecular flexibility index (Phi) is 3.29. The molecule has 0 fully saturated rings. The van der Waals surface area contributed by atoms with Gasteiger partial charge in [-0.25, -0.2) is 0 Å². The van der Waals surface area contributed by atoms with Gasteiger partial charge in [-0.1, -0.05) is 53.7 Å². The standard InChI is InChI=1S/C16H12N2O2/c19-16(13-9-5-2-6-10-13)18-14-11-17-20-15(14)12-7-3-1-4-8-12/h1-11H,(H,18,19). The molecule has 1 heterocycles. The molecular formula is C16H12N2O2. The molecule has 0 bridgehead atoms. The van der Waals surface area contributed by atoms with Gasteiger partial charge in [-0.15, -0.1) is 0 Å². The minimum atomic E-state index is -0.189. The lowest BCUT2D eigenvalue weighted by Gasteiger charge is -2.04. The molecule has 0 aliphatic carbocycles. The van der Waals surface area contributed by atoms with Crippen molar-refractivity contribution in [3.8, 4) is 11.3 Å². The molecule has 0 atom stereocenters. The summed E-state index contributed by atoms with van der Waals surface area (Å²) in [4.78, 5) is 12.1. The zero-order valence-electron chi connectivity index (χ0n) is 10.6. The molecule has 0 saturated heterocycles. The molecule has 4 nitrogen and oxygen atoms in total. The first-order valence-electron chi connectivity index (χ1n) is 6.21. The van der Waals surface area contributed by atoms with Crippen molar-refractivity contribution < 1.29 is 9.32 Å². The number of hydrogen-bond donors (Lipinski definition) is 1. The van der Waals surface area contributed by atoms with Crippen molar-refractivity contribution in [2.75, 3.05) is 5.32 Å². The average molecular weight is 264 g/mol. The van der Waals surface area contributed by atoms with Crippen molar-refractivity contribution in [2.24, 2.45) is 0 Å². The van der Waals surface area contributed by atoms with Gasteiger partial charge in [0.2, 0.25) is 0 Å². The van der Waals surface area contributed by atoms with Gasteiger partial charge in [-0.05, 0) is 12.1 Å². The molecule has 0 aliphatic rings. The Bertz CT molecular complexity index is 706. The number of carbonyl (C=O) groups is 1. The first-order chi connectivity index (χ1) is 9.84. The first kappa shape index (κ1) is 12.2. The Morgan fingerprint density at radius 1 is 0.950 bits per heavy atom. The summed E-state index contributed by atoms with van der Waals surface area (Å²) in [5.41, 5.74) is 2.02. The summed E-state index contributed by atoms with van der Waals surface area (Å²) in [5.74, 6) is 0.362. The van der Waals surface area contributed by atoms with Gasteiger partial charge in [0.1, 0.15) is 5.69 Å². The molecular weight excluding hydrogens is 252 g/mol. The van der Waals surface area contributed by atoms with Crippen LogP contribution < -0.4 is 5.32 Å². The summed E-state index contributed by atoms with van der Waals surface area (Å²) in [5, 5.41) is 6.57. The highest BCUT2D eigenvalue weighted by molar-refractivity contribution is 6.05. The largest absolute Gasteiger partial charge is 0.354 e. The van der Waals surface area contributed by atoms with Crippen LogP contribution in [0.25, 0.3) is 11.3 Å². The van der Waals surface area contributed by atoms with Crippen LogP contribution >= 0.6 is 0 Å². The van der Waals surface area contributed by atoms with Crippen molar-refractivity contribution in [1.29, 1.82) is 0 Å². The van der Waals surface area contributed by atoms with Crippen LogP contribution in [0.4, 0.5) is 5.69 Å². The van der Waals surface area contributed by atoms with Crippen LogP contribution in [0.3, 0.4) is 0 Å². The van der Waals surface area contributed by atoms with E-state index in [0.29, 0.717) is 17.0 Å². The van der Waals surface area contributed by atoms with Gasteiger partial charge in [-0.3, -0.25) is 4.79 Å². The zero-order chi connectivity index (χ0) is 13.8. The lowest BCUT2D eigenvalue weighted by Crippen LogP contribution is -2.11. The normalized spacial score (nSPS) is 10.2. The van der Waals surface area contributed by atoms with Crippen molar-refractivity contribution in [3.63, 3.8) is 0 Å². The molecule has 2 aromatic carbocycles. The van der Waals surface area contributed by atoms with E-state index in [4.69, 9.17) is 4.52 Å². The van der Waals surface area contributed by atoms with E-state index in [2.05, 4.69) is 10.5 Å². The second kappa shape index (κ2) is 5.40. The summed E-state index contributed by atoms with van der Waals surface area (Å²) >= 11 is 0. The highest BCUT2D eigenvalue weighted by Gasteiger charge is 2.13. The van der Waals surface area contributed by atoms with Crippen molar-refractivity contribution in [2.45, 2.75) is 0 Å². The molecule has 0 radical (unpaired) electrons. The molecule has 0 spiro atoms. The first-order valence-corrected chi connectivity index (χ1v) is 6.21. The second-order valence-corrected chi connectivity index (χ2v) is 4.25. The number of anilines is 1. The van der Waals surface area contributed by atoms with Gasteiger partial charge >= 0.3 is 0 Å². The van der Waals surface area contributed by atoms with E-state index in [1.807, 2.05) is 48.5 Å². The maximum atomic E-state index is 12.1. The summed E-state index contributed by atoms with van der Waals surface area (Å²) < 4.78 is 5.22. The number of benzene rings is 2. The van der Waals surface area contributed by atoms with Gasteiger partial charge in [0.15, 0.2) is 5.76 Å². The average Bonchev–Trinajstić information content (AvgIpc) is 2.97. The van der Waals surface area contributed by atoms with Gasteiger partial charge in [0.25, 0.3) is 5.91 Å². The fraction of sp³-hybridized carbons (Fsp3) is 0. The number of nitrogens with zero attached hydrogens (tertiary/aromatic N) is 1. The zero-order valence-corrected chi connectivity index (χ0v) is 10.6. The van der Waals surface area contributed by atoms with Crippen LogP contribution in [0.15, 0.2) is 71.4 Å². The molecule has 0 unspecified atom stereocenters. The highest BCUT2D eigenvalue weighted by atomic mass is 16.5. The third kappa shape index (κ3) is 2.44. The monoisotopic (exact) mass is 264 g/mol. The summed E-state index contributed by atoms with van der Waals surface area (Å²) in [6, 6.07) is 18.5. The molecule has 3 rings (SSSR count). The molecule has 20 heavy (non-hydrogen) atoms. The van der Waals surface area contributed by atoms with Crippen molar-refractivity contribution >= 4 is 11.6 Å². The Morgan fingerprint density at radius 3 is 2.30 bits per heavy atom. The highest BCUT2D eigenvalue weighted by Crippen LogP contribution is 2.27. The second-order valence-electron chi connectivity index (χ2n) is 4.25. The fourth-order valence-electron chi connectivity index (χ4n) is 1.91. The van der Waals surface area contributed by atoms with Crippen LogP contribution in [0.5, 0.6) is 0 Å². The Hall–Kier alpha value is -2.88. The van der Waals surface area contributed by atoms with Gasteiger partial charge in [0.05, 0.1) is 6.20 Å². The van der Waals surface area contributed by atoms with E-state index in [9.17, 15) is 4.79 Å². The Labute approximate surface area is 116 Å². The van der Waals surface area contributed by atoms with E-state index < -0.39 is 0 Å². The maximum Gasteiger partial charge on any atom is 0.255 e. The van der Waals surface area contributed by atoms with E-state index in [-0.39, 0.29) is 5.91 Å². The van der Waals surface area contributed by atoms with Crippen LogP contribution in [-0.4, -0.2) is 11.1 Å². The quantitative estimate of drug-likeness (QED) is 0.786. The topological polar surface area (TPSA) is 55.1 Å². The van der Waals surface area contributed by atoms with Crippen LogP contribution in [0.1, 0.15) is 10.4 Å². The number of aromatic nitrogens is 1. The van der Waals surface area contributed by atoms with Gasteiger partial charge in [-0.2, -0.15) is 0 Å². The smallest absolute Gasteiger partial charge is 0.255 e. The fourth-order valence-corrected chi connectivity index (χ4v) is 1.91. The molecule has 0 saturated carbocycles. The molecule has 1 N–H and O–H groups in total. The van der Waals surface area contributed by atoms with Gasteiger partial charge in [0, 0.05) is 11.1 Å². The number of carbonyl (C=O) groups excluding carboxylic acids is 1. The molecule has 4 heteroatoms. The maximum absolute atomic E-state index is 12.1. The number of rotatable bonds is 3. The molecule has 0 aliphatic heterocycles. The molecule has 1 amide bonds. The molecule has 3 aromatic rings. The van der Waals surface area contributed by atoms with Crippen molar-refractivity contribution in [1.82, 2.24) is 5.16 Å². The third-order valence-corrected chi connectivity index (χ3v) is 2.89. The van der Waals surface area contributed by atoms with Crippen LogP contribution in [-0.2, 0) is 0 Å². The Balaban J connectivity index is 1.86. The molecule has 1 aromatic heterocycles. The lowest BCUT2D eigenvalue weighted by atomic mass is 10.1. The number of nitrogens with one attached hydrogen (secondary N) is 1.